The van der Waals surface area contributed by atoms with E-state index in [0.29, 0.717) is 0 Å². The number of ether oxygens (including phenoxy) is 1. The Morgan fingerprint density at radius 3 is 2.35 bits per heavy atom. The van der Waals surface area contributed by atoms with Gasteiger partial charge in [-0.1, -0.05) is 48.5 Å². The third-order valence-corrected chi connectivity index (χ3v) is 5.56. The number of para-hydroxylation sites is 1. The van der Waals surface area contributed by atoms with Crippen LogP contribution in [0.4, 0.5) is 0 Å². The maximum atomic E-state index is 12.9. The first kappa shape index (κ1) is 16.7. The zero-order valence-corrected chi connectivity index (χ0v) is 15.1. The number of hydrogen-bond acceptors (Lipinski definition) is 3. The summed E-state index contributed by atoms with van der Waals surface area (Å²) in [5.74, 6) is 2.61. The Morgan fingerprint density at radius 1 is 0.885 bits per heavy atom. The summed E-state index contributed by atoms with van der Waals surface area (Å²) in [6.07, 6.45) is 0. The molecular weight excluding hydrogens is 342 g/mol. The zero-order valence-electron chi connectivity index (χ0n) is 14.2. The van der Waals surface area contributed by atoms with E-state index < -0.39 is 0 Å². The number of benzene rings is 3. The fourth-order valence-electron chi connectivity index (χ4n) is 3.06. The average molecular weight is 361 g/mol. The Bertz CT molecular complexity index is 883. The van der Waals surface area contributed by atoms with Gasteiger partial charge in [-0.3, -0.25) is 4.79 Å². The zero-order chi connectivity index (χ0) is 17.8. The van der Waals surface area contributed by atoms with Crippen LogP contribution in [0.1, 0.15) is 21.3 Å². The van der Waals surface area contributed by atoms with Crippen molar-refractivity contribution in [2.24, 2.45) is 0 Å². The van der Waals surface area contributed by atoms with E-state index >= 15 is 0 Å². The van der Waals surface area contributed by atoms with Gasteiger partial charge in [-0.25, -0.2) is 0 Å². The van der Waals surface area contributed by atoms with Gasteiger partial charge in [0.15, 0.2) is 0 Å². The number of hydrogen-bond donors (Lipinski definition) is 0. The van der Waals surface area contributed by atoms with Gasteiger partial charge < -0.3 is 9.64 Å². The molecule has 0 saturated carbocycles. The number of amides is 1. The number of carbonyl (C=O) groups is 1. The van der Waals surface area contributed by atoms with E-state index in [9.17, 15) is 4.79 Å². The van der Waals surface area contributed by atoms with Crippen molar-refractivity contribution in [3.63, 3.8) is 0 Å². The highest BCUT2D eigenvalue weighted by molar-refractivity contribution is 7.99. The van der Waals surface area contributed by atoms with Gasteiger partial charge in [0.2, 0.25) is 0 Å². The van der Waals surface area contributed by atoms with Crippen molar-refractivity contribution in [1.82, 2.24) is 4.90 Å². The molecule has 0 aliphatic carbocycles. The normalized spacial score (nSPS) is 16.5. The van der Waals surface area contributed by atoms with Gasteiger partial charge in [-0.05, 0) is 42.0 Å². The number of carbonyl (C=O) groups excluding carboxylic acids is 1. The topological polar surface area (TPSA) is 29.5 Å². The van der Waals surface area contributed by atoms with Crippen molar-refractivity contribution in [2.45, 2.75) is 5.37 Å². The molecule has 1 heterocycles. The lowest BCUT2D eigenvalue weighted by molar-refractivity contribution is 0.0760. The lowest BCUT2D eigenvalue weighted by atomic mass is 10.1. The fourth-order valence-corrected chi connectivity index (χ4v) is 4.30. The second-order valence-electron chi connectivity index (χ2n) is 6.08. The van der Waals surface area contributed by atoms with E-state index in [2.05, 4.69) is 6.07 Å². The van der Waals surface area contributed by atoms with Gasteiger partial charge >= 0.3 is 0 Å². The van der Waals surface area contributed by atoms with Gasteiger partial charge in [-0.15, -0.1) is 11.8 Å². The van der Waals surface area contributed by atoms with Crippen molar-refractivity contribution in [3.8, 4) is 11.5 Å². The van der Waals surface area contributed by atoms with Crippen LogP contribution in [0.3, 0.4) is 0 Å². The smallest absolute Gasteiger partial charge is 0.255 e. The molecule has 3 aromatic rings. The summed E-state index contributed by atoms with van der Waals surface area (Å²) in [4.78, 5) is 14.8. The molecule has 1 atom stereocenters. The van der Waals surface area contributed by atoms with Gasteiger partial charge in [-0.2, -0.15) is 0 Å². The molecule has 1 fully saturated rings. The van der Waals surface area contributed by atoms with Gasteiger partial charge in [0.05, 0.1) is 0 Å². The third kappa shape index (κ3) is 3.60. The Morgan fingerprint density at radius 2 is 1.58 bits per heavy atom. The quantitative estimate of drug-likeness (QED) is 0.626. The first-order valence-electron chi connectivity index (χ1n) is 8.62. The van der Waals surface area contributed by atoms with Crippen LogP contribution in [0.5, 0.6) is 11.5 Å². The minimum atomic E-state index is 0.0158. The molecule has 4 heteroatoms. The van der Waals surface area contributed by atoms with Crippen molar-refractivity contribution in [1.29, 1.82) is 0 Å². The maximum Gasteiger partial charge on any atom is 0.255 e. The van der Waals surface area contributed by atoms with Crippen molar-refractivity contribution >= 4 is 17.7 Å². The van der Waals surface area contributed by atoms with Crippen LogP contribution in [-0.4, -0.2) is 23.1 Å². The molecule has 4 rings (SSSR count). The lowest BCUT2D eigenvalue weighted by Crippen LogP contribution is -2.30. The van der Waals surface area contributed by atoms with E-state index in [4.69, 9.17) is 4.74 Å². The van der Waals surface area contributed by atoms with E-state index in [0.717, 1.165) is 34.9 Å². The first-order chi connectivity index (χ1) is 12.8. The predicted molar refractivity (Wildman–Crippen MR) is 106 cm³/mol. The summed E-state index contributed by atoms with van der Waals surface area (Å²) in [6.45, 7) is 0.757. The highest BCUT2D eigenvalue weighted by Crippen LogP contribution is 2.40. The molecule has 130 valence electrons. The van der Waals surface area contributed by atoms with Gasteiger partial charge in [0.25, 0.3) is 5.91 Å². The minimum absolute atomic E-state index is 0.0158. The van der Waals surface area contributed by atoms with Crippen molar-refractivity contribution in [3.05, 3.63) is 96.1 Å². The summed E-state index contributed by atoms with van der Waals surface area (Å²) >= 11 is 1.79. The Balaban J connectivity index is 1.56. The van der Waals surface area contributed by atoms with Crippen LogP contribution in [-0.2, 0) is 0 Å². The Hall–Kier alpha value is -2.72. The molecule has 0 radical (unpaired) electrons. The Labute approximate surface area is 157 Å². The molecule has 0 N–H and O–H groups in total. The molecule has 0 unspecified atom stereocenters. The summed E-state index contributed by atoms with van der Waals surface area (Å²) in [5, 5.41) is 0.0158. The minimum Gasteiger partial charge on any atom is -0.457 e. The molecule has 0 aromatic heterocycles. The number of thioether (sulfide) groups is 1. The fraction of sp³-hybridized carbons (Fsp3) is 0.136. The molecule has 26 heavy (non-hydrogen) atoms. The lowest BCUT2D eigenvalue weighted by Gasteiger charge is -2.24. The van der Waals surface area contributed by atoms with E-state index in [1.807, 2.05) is 83.8 Å². The van der Waals surface area contributed by atoms with Crippen LogP contribution >= 0.6 is 11.8 Å². The molecular formula is C22H19NO2S. The largest absolute Gasteiger partial charge is 0.457 e. The molecule has 1 amide bonds. The number of nitrogens with zero attached hydrogens (tertiary/aromatic N) is 1. The van der Waals surface area contributed by atoms with Crippen LogP contribution in [0.25, 0.3) is 0 Å². The summed E-state index contributed by atoms with van der Waals surface area (Å²) in [5.41, 5.74) is 1.82. The van der Waals surface area contributed by atoms with Crippen LogP contribution in [0, 0.1) is 0 Å². The highest BCUT2D eigenvalue weighted by atomic mass is 32.2. The molecule has 0 bridgehead atoms. The van der Waals surface area contributed by atoms with Crippen molar-refractivity contribution < 1.29 is 9.53 Å². The Kier molecular flexibility index (Phi) is 4.93. The molecule has 3 aromatic carbocycles. The summed E-state index contributed by atoms with van der Waals surface area (Å²) in [6, 6.07) is 27.2. The standard InChI is InChI=1S/C22H19NO2S/c24-21(17-8-3-1-4-9-17)23-14-15-26-22(23)18-10-7-13-20(16-18)25-19-11-5-2-6-12-19/h1-13,16,22H,14-15H2/t22-/m0/s1. The van der Waals surface area contributed by atoms with E-state index in [1.165, 1.54) is 0 Å². The molecule has 0 spiro atoms. The van der Waals surface area contributed by atoms with Crippen molar-refractivity contribution in [2.75, 3.05) is 12.3 Å². The van der Waals surface area contributed by atoms with Crippen LogP contribution < -0.4 is 4.74 Å². The summed E-state index contributed by atoms with van der Waals surface area (Å²) in [7, 11) is 0. The van der Waals surface area contributed by atoms with E-state index in [1.54, 1.807) is 11.8 Å². The number of rotatable bonds is 4. The maximum absolute atomic E-state index is 12.9. The predicted octanol–water partition coefficient (Wildman–Crippen LogP) is 5.37. The monoisotopic (exact) mass is 361 g/mol. The molecule has 1 aliphatic rings. The van der Waals surface area contributed by atoms with Crippen LogP contribution in [0.2, 0.25) is 0 Å². The highest BCUT2D eigenvalue weighted by Gasteiger charge is 2.31. The third-order valence-electron chi connectivity index (χ3n) is 4.29. The van der Waals surface area contributed by atoms with Crippen LogP contribution in [0.15, 0.2) is 84.9 Å². The molecule has 1 aliphatic heterocycles. The SMILES string of the molecule is O=C(c1ccccc1)N1CCS[C@H]1c1cccc(Oc2ccccc2)c1. The molecule has 1 saturated heterocycles. The average Bonchev–Trinajstić information content (AvgIpc) is 3.19. The van der Waals surface area contributed by atoms with E-state index in [-0.39, 0.29) is 11.3 Å². The molecule has 3 nitrogen and oxygen atoms in total. The van der Waals surface area contributed by atoms with Gasteiger partial charge in [0, 0.05) is 17.9 Å². The first-order valence-corrected chi connectivity index (χ1v) is 9.66. The summed E-state index contributed by atoms with van der Waals surface area (Å²) < 4.78 is 5.95. The van der Waals surface area contributed by atoms with Gasteiger partial charge in [0.1, 0.15) is 16.9 Å². The second kappa shape index (κ2) is 7.67. The second-order valence-corrected chi connectivity index (χ2v) is 7.26.